The highest BCUT2D eigenvalue weighted by Crippen LogP contribution is 2.50. The number of hydrogen-bond donors (Lipinski definition) is 1. The van der Waals surface area contributed by atoms with Gasteiger partial charge in [0.05, 0.1) is 15.9 Å². The van der Waals surface area contributed by atoms with Crippen LogP contribution in [0.1, 0.15) is 61.6 Å². The van der Waals surface area contributed by atoms with Gasteiger partial charge in [-0.25, -0.2) is 8.42 Å². The normalized spacial score (nSPS) is 24.5. The van der Waals surface area contributed by atoms with E-state index in [0.29, 0.717) is 4.90 Å². The van der Waals surface area contributed by atoms with Crippen LogP contribution in [0.5, 0.6) is 0 Å². The van der Waals surface area contributed by atoms with Crippen LogP contribution in [0.4, 0.5) is 11.4 Å². The third-order valence-electron chi connectivity index (χ3n) is 7.63. The molecule has 3 atom stereocenters. The number of nitro groups is 1. The molecule has 1 fully saturated rings. The fraction of sp³-hybridized carbons (Fsp3) is 0.440. The maximum Gasteiger partial charge on any atom is 0.288 e. The number of halogens is 1. The number of sulfonamides is 1. The Kier molecular flexibility index (Phi) is 6.16. The number of fused-ring (bicyclic) bond motifs is 3. The Morgan fingerprint density at radius 3 is 2.62 bits per heavy atom. The van der Waals surface area contributed by atoms with Crippen molar-refractivity contribution in [3.05, 3.63) is 74.8 Å². The van der Waals surface area contributed by atoms with Gasteiger partial charge in [-0.05, 0) is 60.6 Å². The molecular weight excluding hydrogens is 474 g/mol. The van der Waals surface area contributed by atoms with Crippen molar-refractivity contribution >= 4 is 33.0 Å². The number of nitro benzene ring substituents is 1. The van der Waals surface area contributed by atoms with Gasteiger partial charge in [-0.3, -0.25) is 10.1 Å². The second-order valence-corrected chi connectivity index (χ2v) is 11.9. The summed E-state index contributed by atoms with van der Waals surface area (Å²) in [5.41, 5.74) is 2.50. The number of nitrogens with zero attached hydrogens (tertiary/aromatic N) is 2. The number of nitrogens with one attached hydrogen (secondary N) is 1. The number of rotatable bonds is 5. The van der Waals surface area contributed by atoms with Gasteiger partial charge in [0.25, 0.3) is 5.69 Å². The fourth-order valence-corrected chi connectivity index (χ4v) is 7.37. The molecule has 34 heavy (non-hydrogen) atoms. The van der Waals surface area contributed by atoms with Gasteiger partial charge in [-0.2, -0.15) is 4.31 Å². The minimum atomic E-state index is -3.59. The molecular formula is C25H28ClN3O4S. The van der Waals surface area contributed by atoms with Crippen LogP contribution in [-0.2, 0) is 10.0 Å². The second-order valence-electron chi connectivity index (χ2n) is 9.51. The molecule has 2 aliphatic carbocycles. The van der Waals surface area contributed by atoms with Crippen LogP contribution in [-0.4, -0.2) is 30.7 Å². The number of allylic oxidation sites excluding steroid dienone is 2. The molecule has 2 aromatic rings. The minimum Gasteiger partial charge on any atom is -0.378 e. The minimum absolute atomic E-state index is 0.0334. The third kappa shape index (κ3) is 4.01. The van der Waals surface area contributed by atoms with E-state index >= 15 is 0 Å². The van der Waals surface area contributed by atoms with Gasteiger partial charge < -0.3 is 5.32 Å². The zero-order chi connectivity index (χ0) is 24.0. The lowest BCUT2D eigenvalue weighted by Gasteiger charge is -2.38. The van der Waals surface area contributed by atoms with Gasteiger partial charge in [-0.1, -0.05) is 49.1 Å². The second kappa shape index (κ2) is 8.98. The van der Waals surface area contributed by atoms with Crippen LogP contribution in [0, 0.1) is 16.0 Å². The van der Waals surface area contributed by atoms with E-state index in [1.807, 2.05) is 18.2 Å². The molecule has 0 aromatic heterocycles. The molecule has 0 bridgehead atoms. The van der Waals surface area contributed by atoms with Gasteiger partial charge in [0.1, 0.15) is 5.02 Å². The molecule has 1 heterocycles. The van der Waals surface area contributed by atoms with Crippen molar-refractivity contribution in [2.24, 2.45) is 5.92 Å². The quantitative estimate of drug-likeness (QED) is 0.307. The number of benzene rings is 2. The van der Waals surface area contributed by atoms with E-state index in [1.165, 1.54) is 6.42 Å². The van der Waals surface area contributed by atoms with Crippen LogP contribution in [0.15, 0.2) is 53.4 Å². The van der Waals surface area contributed by atoms with Crippen LogP contribution >= 0.6 is 11.6 Å². The van der Waals surface area contributed by atoms with E-state index in [-0.39, 0.29) is 34.6 Å². The standard InChI is InChI=1S/C25H28ClN3O4S/c1-28(17-6-3-2-4-7-17)34(32,33)18-11-13-23-21(15-18)19-8-5-9-20(19)25(27-23)16-10-12-22(26)24(14-16)29(30)31/h5,8,10-15,17,19-20,25,27H,2-4,6-7,9H2,1H3. The molecule has 1 saturated carbocycles. The average molecular weight is 502 g/mol. The van der Waals surface area contributed by atoms with E-state index < -0.39 is 14.9 Å². The molecule has 5 rings (SSSR count). The van der Waals surface area contributed by atoms with Crippen LogP contribution in [0.2, 0.25) is 5.02 Å². The largest absolute Gasteiger partial charge is 0.378 e. The monoisotopic (exact) mass is 501 g/mol. The van der Waals surface area contributed by atoms with E-state index in [0.717, 1.165) is 48.9 Å². The molecule has 7 nitrogen and oxygen atoms in total. The predicted octanol–water partition coefficient (Wildman–Crippen LogP) is 6.03. The Balaban J connectivity index is 1.48. The lowest BCUT2D eigenvalue weighted by molar-refractivity contribution is -0.384. The highest BCUT2D eigenvalue weighted by atomic mass is 35.5. The van der Waals surface area contributed by atoms with Crippen molar-refractivity contribution in [3.63, 3.8) is 0 Å². The lowest BCUT2D eigenvalue weighted by Crippen LogP contribution is -2.38. The summed E-state index contributed by atoms with van der Waals surface area (Å²) >= 11 is 6.03. The predicted molar refractivity (Wildman–Crippen MR) is 133 cm³/mol. The summed E-state index contributed by atoms with van der Waals surface area (Å²) in [7, 11) is -1.90. The summed E-state index contributed by atoms with van der Waals surface area (Å²) in [6.45, 7) is 0. The fourth-order valence-electron chi connectivity index (χ4n) is 5.73. The summed E-state index contributed by atoms with van der Waals surface area (Å²) in [5.74, 6) is 0.161. The number of hydrogen-bond acceptors (Lipinski definition) is 5. The van der Waals surface area contributed by atoms with Gasteiger partial charge in [-0.15, -0.1) is 0 Å². The first-order chi connectivity index (χ1) is 16.3. The first kappa shape index (κ1) is 23.3. The molecule has 0 radical (unpaired) electrons. The highest BCUT2D eigenvalue weighted by molar-refractivity contribution is 7.89. The van der Waals surface area contributed by atoms with Crippen molar-refractivity contribution in [1.29, 1.82) is 0 Å². The van der Waals surface area contributed by atoms with Crippen molar-refractivity contribution in [3.8, 4) is 0 Å². The van der Waals surface area contributed by atoms with Crippen LogP contribution in [0.25, 0.3) is 0 Å². The molecule has 3 aliphatic rings. The van der Waals surface area contributed by atoms with Crippen LogP contribution in [0.3, 0.4) is 0 Å². The SMILES string of the molecule is CN(C1CCCCC1)S(=O)(=O)c1ccc2c(c1)C1C=CCC1C(c1ccc(Cl)c([N+](=O)[O-])c1)N2. The van der Waals surface area contributed by atoms with Crippen molar-refractivity contribution in [2.75, 3.05) is 12.4 Å². The molecule has 0 spiro atoms. The summed E-state index contributed by atoms with van der Waals surface area (Å²) in [5, 5.41) is 15.1. The molecule has 0 saturated heterocycles. The third-order valence-corrected chi connectivity index (χ3v) is 9.85. The molecule has 1 N–H and O–H groups in total. The van der Waals surface area contributed by atoms with Crippen molar-refractivity contribution in [2.45, 2.75) is 61.4 Å². The van der Waals surface area contributed by atoms with Crippen molar-refractivity contribution in [1.82, 2.24) is 4.31 Å². The molecule has 180 valence electrons. The molecule has 3 unspecified atom stereocenters. The summed E-state index contributed by atoms with van der Waals surface area (Å²) < 4.78 is 28.4. The van der Waals surface area contributed by atoms with E-state index in [4.69, 9.17) is 11.6 Å². The summed E-state index contributed by atoms with van der Waals surface area (Å²) in [6.07, 6.45) is 10.2. The van der Waals surface area contributed by atoms with Gasteiger partial charge in [0.2, 0.25) is 10.0 Å². The summed E-state index contributed by atoms with van der Waals surface area (Å²) in [6, 6.07) is 10.2. The van der Waals surface area contributed by atoms with Crippen molar-refractivity contribution < 1.29 is 13.3 Å². The van der Waals surface area contributed by atoms with Crippen LogP contribution < -0.4 is 5.32 Å². The highest BCUT2D eigenvalue weighted by Gasteiger charge is 2.39. The maximum absolute atomic E-state index is 13.4. The molecule has 0 amide bonds. The van der Waals surface area contributed by atoms with Gasteiger partial charge in [0.15, 0.2) is 0 Å². The zero-order valence-electron chi connectivity index (χ0n) is 19.0. The Labute approximate surface area is 205 Å². The average Bonchev–Trinajstić information content (AvgIpc) is 3.34. The topological polar surface area (TPSA) is 92.5 Å². The Morgan fingerprint density at radius 1 is 1.12 bits per heavy atom. The van der Waals surface area contributed by atoms with Gasteiger partial charge >= 0.3 is 0 Å². The zero-order valence-corrected chi connectivity index (χ0v) is 20.6. The molecule has 2 aromatic carbocycles. The smallest absolute Gasteiger partial charge is 0.288 e. The van der Waals surface area contributed by atoms with E-state index in [9.17, 15) is 18.5 Å². The Bertz CT molecular complexity index is 1260. The summed E-state index contributed by atoms with van der Waals surface area (Å²) in [4.78, 5) is 11.3. The molecule has 1 aliphatic heterocycles. The maximum atomic E-state index is 13.4. The lowest BCUT2D eigenvalue weighted by atomic mass is 9.77. The van der Waals surface area contributed by atoms with Gasteiger partial charge in [0, 0.05) is 30.8 Å². The molecule has 9 heteroatoms. The van der Waals surface area contributed by atoms with E-state index in [1.54, 1.807) is 29.6 Å². The Hall–Kier alpha value is -2.42. The van der Waals surface area contributed by atoms with E-state index in [2.05, 4.69) is 17.5 Å². The number of anilines is 1. The Morgan fingerprint density at radius 2 is 1.88 bits per heavy atom. The first-order valence-electron chi connectivity index (χ1n) is 11.8. The first-order valence-corrected chi connectivity index (χ1v) is 13.6.